The zero-order valence-electron chi connectivity index (χ0n) is 17.9. The van der Waals surface area contributed by atoms with Crippen LogP contribution in [0.1, 0.15) is 16.8 Å². The van der Waals surface area contributed by atoms with E-state index >= 15 is 0 Å². The van der Waals surface area contributed by atoms with Gasteiger partial charge in [-0.2, -0.15) is 0 Å². The lowest BCUT2D eigenvalue weighted by atomic mass is 10.1. The highest BCUT2D eigenvalue weighted by Gasteiger charge is 2.35. The fraction of sp³-hybridized carbons (Fsp3) is 0.160. The predicted molar refractivity (Wildman–Crippen MR) is 123 cm³/mol. The number of nitrogens with one attached hydrogen (secondary N) is 2. The number of carbonyl (C=O) groups excluding carboxylic acids is 3. The van der Waals surface area contributed by atoms with Crippen LogP contribution in [0.3, 0.4) is 0 Å². The van der Waals surface area contributed by atoms with Gasteiger partial charge in [0.05, 0.1) is 30.0 Å². The first-order valence-corrected chi connectivity index (χ1v) is 10.4. The second kappa shape index (κ2) is 9.52. The van der Waals surface area contributed by atoms with Crippen molar-refractivity contribution in [3.63, 3.8) is 0 Å². The Hall–Kier alpha value is -4.20. The lowest BCUT2D eigenvalue weighted by molar-refractivity contribution is -0.122. The number of ether oxygens (including phenoxy) is 1. The van der Waals surface area contributed by atoms with E-state index in [0.717, 1.165) is 0 Å². The van der Waals surface area contributed by atoms with E-state index in [1.54, 1.807) is 48.5 Å². The molecule has 1 aliphatic rings. The van der Waals surface area contributed by atoms with Crippen molar-refractivity contribution in [3.05, 3.63) is 84.2 Å². The van der Waals surface area contributed by atoms with E-state index in [0.29, 0.717) is 22.8 Å². The highest BCUT2D eigenvalue weighted by atomic mass is 19.1. The van der Waals surface area contributed by atoms with Gasteiger partial charge in [-0.05, 0) is 48.5 Å². The Kier molecular flexibility index (Phi) is 6.35. The van der Waals surface area contributed by atoms with Gasteiger partial charge in [-0.25, -0.2) is 4.39 Å². The summed E-state index contributed by atoms with van der Waals surface area (Å²) in [7, 11) is 1.51. The molecule has 7 nitrogen and oxygen atoms in total. The fourth-order valence-corrected chi connectivity index (χ4v) is 3.72. The van der Waals surface area contributed by atoms with E-state index in [-0.39, 0.29) is 30.3 Å². The highest BCUT2D eigenvalue weighted by molar-refractivity contribution is 6.11. The molecule has 8 heteroatoms. The van der Waals surface area contributed by atoms with Gasteiger partial charge in [0.1, 0.15) is 11.6 Å². The average Bonchev–Trinajstić information content (AvgIpc) is 3.22. The quantitative estimate of drug-likeness (QED) is 0.596. The maximum atomic E-state index is 13.2. The lowest BCUT2D eigenvalue weighted by Crippen LogP contribution is -2.28. The van der Waals surface area contributed by atoms with Crippen molar-refractivity contribution in [1.82, 2.24) is 0 Å². The highest BCUT2D eigenvalue weighted by Crippen LogP contribution is 2.28. The summed E-state index contributed by atoms with van der Waals surface area (Å²) in [6.07, 6.45) is 0.0266. The maximum absolute atomic E-state index is 13.2. The van der Waals surface area contributed by atoms with Crippen molar-refractivity contribution in [3.8, 4) is 5.75 Å². The number of halogens is 1. The second-order valence-corrected chi connectivity index (χ2v) is 7.57. The maximum Gasteiger partial charge on any atom is 0.257 e. The molecule has 3 aromatic rings. The Balaban J connectivity index is 1.47. The van der Waals surface area contributed by atoms with Gasteiger partial charge in [0.25, 0.3) is 5.91 Å². The van der Waals surface area contributed by atoms with E-state index in [2.05, 4.69) is 10.6 Å². The standard InChI is InChI=1S/C25H22FN3O4/c1-33-22-9-5-4-8-21(22)28-25(32)19-6-2-3-7-20(19)27-24(31)16-14-23(30)29(15-16)18-12-10-17(26)11-13-18/h2-13,16H,14-15H2,1H3,(H,27,31)(H,28,32)/t16-/m0/s1. The number of amides is 3. The zero-order chi connectivity index (χ0) is 23.4. The molecule has 0 radical (unpaired) electrons. The summed E-state index contributed by atoms with van der Waals surface area (Å²) in [5.74, 6) is -1.49. The molecule has 3 amide bonds. The van der Waals surface area contributed by atoms with E-state index in [1.165, 1.54) is 36.3 Å². The van der Waals surface area contributed by atoms with Crippen molar-refractivity contribution in [2.75, 3.05) is 29.2 Å². The molecule has 3 aromatic carbocycles. The zero-order valence-corrected chi connectivity index (χ0v) is 17.9. The molecular weight excluding hydrogens is 425 g/mol. The SMILES string of the molecule is COc1ccccc1NC(=O)c1ccccc1NC(=O)[C@H]1CC(=O)N(c2ccc(F)cc2)C1. The molecule has 1 saturated heterocycles. The van der Waals surface area contributed by atoms with Crippen LogP contribution >= 0.6 is 0 Å². The van der Waals surface area contributed by atoms with Gasteiger partial charge >= 0.3 is 0 Å². The van der Waals surface area contributed by atoms with E-state index in [1.807, 2.05) is 0 Å². The van der Waals surface area contributed by atoms with Gasteiger partial charge in [-0.15, -0.1) is 0 Å². The monoisotopic (exact) mass is 447 g/mol. The first-order valence-electron chi connectivity index (χ1n) is 10.4. The largest absolute Gasteiger partial charge is 0.495 e. The van der Waals surface area contributed by atoms with Gasteiger partial charge in [0.15, 0.2) is 0 Å². The number of carbonyl (C=O) groups is 3. The summed E-state index contributed by atoms with van der Waals surface area (Å²) in [6.45, 7) is 0.172. The van der Waals surface area contributed by atoms with Gasteiger partial charge in [-0.1, -0.05) is 24.3 Å². The summed E-state index contributed by atoms with van der Waals surface area (Å²) in [4.78, 5) is 39.7. The van der Waals surface area contributed by atoms with Crippen molar-refractivity contribution in [2.24, 2.45) is 5.92 Å². The summed E-state index contributed by atoms with van der Waals surface area (Å²) in [5.41, 5.74) is 1.65. The third-order valence-electron chi connectivity index (χ3n) is 5.42. The summed E-state index contributed by atoms with van der Waals surface area (Å²) < 4.78 is 18.5. The molecule has 1 atom stereocenters. The number of rotatable bonds is 6. The molecule has 1 heterocycles. The summed E-state index contributed by atoms with van der Waals surface area (Å²) >= 11 is 0. The minimum atomic E-state index is -0.604. The molecule has 2 N–H and O–H groups in total. The number of hydrogen-bond acceptors (Lipinski definition) is 4. The second-order valence-electron chi connectivity index (χ2n) is 7.57. The van der Waals surface area contributed by atoms with E-state index < -0.39 is 17.6 Å². The molecular formula is C25H22FN3O4. The summed E-state index contributed by atoms with van der Waals surface area (Å²) in [5, 5.41) is 5.57. The topological polar surface area (TPSA) is 87.7 Å². The van der Waals surface area contributed by atoms with Crippen molar-refractivity contribution in [1.29, 1.82) is 0 Å². The van der Waals surface area contributed by atoms with E-state index in [4.69, 9.17) is 4.74 Å². The molecule has 0 spiro atoms. The lowest BCUT2D eigenvalue weighted by Gasteiger charge is -2.17. The molecule has 0 unspecified atom stereocenters. The van der Waals surface area contributed by atoms with Crippen LogP contribution < -0.4 is 20.3 Å². The number of para-hydroxylation sites is 3. The smallest absolute Gasteiger partial charge is 0.257 e. The van der Waals surface area contributed by atoms with Crippen LogP contribution in [0.25, 0.3) is 0 Å². The van der Waals surface area contributed by atoms with Crippen LogP contribution in [0.5, 0.6) is 5.75 Å². The molecule has 0 aromatic heterocycles. The van der Waals surface area contributed by atoms with Crippen molar-refractivity contribution < 1.29 is 23.5 Å². The van der Waals surface area contributed by atoms with Gasteiger partial charge in [0.2, 0.25) is 11.8 Å². The molecule has 0 bridgehead atoms. The first kappa shape index (κ1) is 22.0. The third kappa shape index (κ3) is 4.85. The number of benzene rings is 3. The Morgan fingerprint density at radius 2 is 1.61 bits per heavy atom. The number of nitrogens with zero attached hydrogens (tertiary/aromatic N) is 1. The van der Waals surface area contributed by atoms with Crippen LogP contribution in [0, 0.1) is 11.7 Å². The third-order valence-corrected chi connectivity index (χ3v) is 5.42. The Morgan fingerprint density at radius 1 is 0.939 bits per heavy atom. The Bertz CT molecular complexity index is 1200. The van der Waals surface area contributed by atoms with Gasteiger partial charge in [0, 0.05) is 18.7 Å². The van der Waals surface area contributed by atoms with Crippen LogP contribution in [0.4, 0.5) is 21.5 Å². The Labute approximate surface area is 190 Å². The van der Waals surface area contributed by atoms with Crippen molar-refractivity contribution >= 4 is 34.8 Å². The normalized spacial score (nSPS) is 15.3. The molecule has 1 fully saturated rings. The molecule has 1 aliphatic heterocycles. The van der Waals surface area contributed by atoms with Crippen LogP contribution in [-0.4, -0.2) is 31.4 Å². The minimum absolute atomic E-state index is 0.0266. The number of methoxy groups -OCH3 is 1. The van der Waals surface area contributed by atoms with Crippen LogP contribution in [-0.2, 0) is 9.59 Å². The molecule has 4 rings (SSSR count). The van der Waals surface area contributed by atoms with Gasteiger partial charge < -0.3 is 20.3 Å². The first-order chi connectivity index (χ1) is 16.0. The number of hydrogen-bond donors (Lipinski definition) is 2. The van der Waals surface area contributed by atoms with E-state index in [9.17, 15) is 18.8 Å². The van der Waals surface area contributed by atoms with Crippen molar-refractivity contribution in [2.45, 2.75) is 6.42 Å². The summed E-state index contributed by atoms with van der Waals surface area (Å²) in [6, 6.07) is 19.2. The van der Waals surface area contributed by atoms with Crippen LogP contribution in [0.15, 0.2) is 72.8 Å². The predicted octanol–water partition coefficient (Wildman–Crippen LogP) is 4.08. The molecule has 168 valence electrons. The molecule has 33 heavy (non-hydrogen) atoms. The van der Waals surface area contributed by atoms with Crippen LogP contribution in [0.2, 0.25) is 0 Å². The fourth-order valence-electron chi connectivity index (χ4n) is 3.72. The Morgan fingerprint density at radius 3 is 2.33 bits per heavy atom. The molecule has 0 aliphatic carbocycles. The molecule has 0 saturated carbocycles. The van der Waals surface area contributed by atoms with Gasteiger partial charge in [-0.3, -0.25) is 14.4 Å². The average molecular weight is 447 g/mol. The minimum Gasteiger partial charge on any atom is -0.495 e. The number of anilines is 3.